The summed E-state index contributed by atoms with van der Waals surface area (Å²) in [5.41, 5.74) is 0.00675. The third-order valence-corrected chi connectivity index (χ3v) is 3.04. The van der Waals surface area contributed by atoms with Gasteiger partial charge in [0.1, 0.15) is 11.3 Å². The summed E-state index contributed by atoms with van der Waals surface area (Å²) in [6, 6.07) is 8.49. The number of carbonyl (C=O) groups is 1. The number of rotatable bonds is 3. The van der Waals surface area contributed by atoms with E-state index in [0.717, 1.165) is 4.47 Å². The predicted octanol–water partition coefficient (Wildman–Crippen LogP) is 4.10. The average Bonchev–Trinajstić information content (AvgIpc) is 2.34. The number of halogens is 2. The van der Waals surface area contributed by atoms with Gasteiger partial charge in [-0.25, -0.2) is 9.78 Å². The van der Waals surface area contributed by atoms with E-state index >= 15 is 0 Å². The van der Waals surface area contributed by atoms with E-state index in [1.54, 1.807) is 24.3 Å². The summed E-state index contributed by atoms with van der Waals surface area (Å²) in [6.07, 6.45) is 1.49. The van der Waals surface area contributed by atoms with Gasteiger partial charge in [-0.15, -0.1) is 0 Å². The molecule has 1 aromatic carbocycles. The fraction of sp³-hybridized carbons (Fsp3) is 0. The maximum Gasteiger partial charge on any atom is 0.341 e. The molecule has 18 heavy (non-hydrogen) atoms. The maximum absolute atomic E-state index is 11.1. The van der Waals surface area contributed by atoms with E-state index in [1.807, 2.05) is 0 Å². The van der Waals surface area contributed by atoms with E-state index in [9.17, 15) is 4.79 Å². The Morgan fingerprint density at radius 1 is 1.17 bits per heavy atom. The third kappa shape index (κ3) is 3.08. The van der Waals surface area contributed by atoms with Crippen LogP contribution in [0.1, 0.15) is 10.4 Å². The minimum absolute atomic E-state index is 0.00675. The molecule has 2 rings (SSSR count). The second kappa shape index (κ2) is 5.49. The Hall–Kier alpha value is -1.40. The normalized spacial score (nSPS) is 10.1. The molecule has 0 saturated carbocycles. The Morgan fingerprint density at radius 3 is 2.44 bits per heavy atom. The molecule has 0 atom stereocenters. The van der Waals surface area contributed by atoms with Crippen LogP contribution in [0.2, 0.25) is 0 Å². The molecule has 6 heteroatoms. The van der Waals surface area contributed by atoms with Crippen LogP contribution in [0.4, 0.5) is 0 Å². The van der Waals surface area contributed by atoms with Gasteiger partial charge in [-0.1, -0.05) is 15.9 Å². The quantitative estimate of drug-likeness (QED) is 0.881. The van der Waals surface area contributed by atoms with Crippen molar-refractivity contribution < 1.29 is 14.6 Å². The first-order valence-corrected chi connectivity index (χ1v) is 6.47. The molecule has 0 radical (unpaired) electrons. The van der Waals surface area contributed by atoms with Gasteiger partial charge in [0.2, 0.25) is 5.88 Å². The lowest BCUT2D eigenvalue weighted by Gasteiger charge is -2.07. The fourth-order valence-electron chi connectivity index (χ4n) is 1.28. The number of carboxylic acid groups (broad SMARTS) is 1. The molecule has 1 aromatic heterocycles. The smallest absolute Gasteiger partial charge is 0.341 e. The highest BCUT2D eigenvalue weighted by molar-refractivity contribution is 9.10. The first kappa shape index (κ1) is 13.0. The van der Waals surface area contributed by atoms with Gasteiger partial charge < -0.3 is 9.84 Å². The standard InChI is InChI=1S/C12H7Br2NO3/c13-7-1-3-9(4-2-7)18-11-10(12(16)17)5-8(14)6-15-11/h1-6H,(H,16,17). The highest BCUT2D eigenvalue weighted by atomic mass is 79.9. The Labute approximate surface area is 120 Å². The molecule has 92 valence electrons. The van der Waals surface area contributed by atoms with Gasteiger partial charge in [0.05, 0.1) is 0 Å². The molecular weight excluding hydrogens is 366 g/mol. The van der Waals surface area contributed by atoms with Crippen molar-refractivity contribution in [1.82, 2.24) is 4.98 Å². The molecule has 1 heterocycles. The number of pyridine rings is 1. The first-order valence-electron chi connectivity index (χ1n) is 4.88. The molecule has 2 aromatic rings. The number of hydrogen-bond acceptors (Lipinski definition) is 3. The second-order valence-corrected chi connectivity index (χ2v) is 5.20. The van der Waals surface area contributed by atoms with E-state index in [2.05, 4.69) is 36.8 Å². The van der Waals surface area contributed by atoms with Crippen molar-refractivity contribution in [1.29, 1.82) is 0 Å². The fourth-order valence-corrected chi connectivity index (χ4v) is 1.87. The van der Waals surface area contributed by atoms with Gasteiger partial charge in [0.15, 0.2) is 0 Å². The molecule has 0 fully saturated rings. The summed E-state index contributed by atoms with van der Waals surface area (Å²) >= 11 is 6.48. The van der Waals surface area contributed by atoms with Crippen LogP contribution in [-0.4, -0.2) is 16.1 Å². The average molecular weight is 373 g/mol. The number of aromatic carboxylic acids is 1. The van der Waals surface area contributed by atoms with E-state index < -0.39 is 5.97 Å². The molecular formula is C12H7Br2NO3. The second-order valence-electron chi connectivity index (χ2n) is 3.37. The van der Waals surface area contributed by atoms with Crippen LogP contribution < -0.4 is 4.74 Å². The van der Waals surface area contributed by atoms with Crippen LogP contribution in [0.3, 0.4) is 0 Å². The lowest BCUT2D eigenvalue weighted by Crippen LogP contribution is -2.02. The summed E-state index contributed by atoms with van der Waals surface area (Å²) in [5, 5.41) is 9.06. The molecule has 0 aliphatic carbocycles. The van der Waals surface area contributed by atoms with E-state index in [4.69, 9.17) is 9.84 Å². The van der Waals surface area contributed by atoms with Crippen LogP contribution in [0.15, 0.2) is 45.5 Å². The SMILES string of the molecule is O=C(O)c1cc(Br)cnc1Oc1ccc(Br)cc1. The molecule has 0 saturated heterocycles. The Kier molecular flexibility index (Phi) is 3.98. The zero-order chi connectivity index (χ0) is 13.1. The van der Waals surface area contributed by atoms with E-state index in [0.29, 0.717) is 10.2 Å². The first-order chi connectivity index (χ1) is 8.56. The lowest BCUT2D eigenvalue weighted by molar-refractivity contribution is 0.0693. The van der Waals surface area contributed by atoms with Gasteiger partial charge in [-0.2, -0.15) is 0 Å². The number of aromatic nitrogens is 1. The molecule has 0 bridgehead atoms. The number of benzene rings is 1. The van der Waals surface area contributed by atoms with Crippen molar-refractivity contribution in [3.8, 4) is 11.6 Å². The predicted molar refractivity (Wildman–Crippen MR) is 73.1 cm³/mol. The largest absolute Gasteiger partial charge is 0.477 e. The van der Waals surface area contributed by atoms with Crippen molar-refractivity contribution in [3.63, 3.8) is 0 Å². The summed E-state index contributed by atoms with van der Waals surface area (Å²) in [7, 11) is 0. The van der Waals surface area contributed by atoms with Crippen molar-refractivity contribution in [2.75, 3.05) is 0 Å². The topological polar surface area (TPSA) is 59.4 Å². The van der Waals surface area contributed by atoms with Crippen LogP contribution in [0, 0.1) is 0 Å². The van der Waals surface area contributed by atoms with Crippen molar-refractivity contribution in [3.05, 3.63) is 51.0 Å². The Bertz CT molecular complexity index is 584. The molecule has 0 aliphatic rings. The number of nitrogens with zero attached hydrogens (tertiary/aromatic N) is 1. The molecule has 0 aliphatic heterocycles. The molecule has 0 unspecified atom stereocenters. The summed E-state index contributed by atoms with van der Waals surface area (Å²) in [6.45, 7) is 0. The Morgan fingerprint density at radius 2 is 1.83 bits per heavy atom. The van der Waals surface area contributed by atoms with Crippen LogP contribution in [0.25, 0.3) is 0 Å². The van der Waals surface area contributed by atoms with Crippen LogP contribution in [-0.2, 0) is 0 Å². The minimum Gasteiger partial charge on any atom is -0.477 e. The minimum atomic E-state index is -1.09. The van der Waals surface area contributed by atoms with Gasteiger partial charge in [-0.05, 0) is 46.3 Å². The third-order valence-electron chi connectivity index (χ3n) is 2.08. The van der Waals surface area contributed by atoms with Crippen LogP contribution >= 0.6 is 31.9 Å². The van der Waals surface area contributed by atoms with Gasteiger partial charge >= 0.3 is 5.97 Å². The number of ether oxygens (including phenoxy) is 1. The van der Waals surface area contributed by atoms with Crippen LogP contribution in [0.5, 0.6) is 11.6 Å². The van der Waals surface area contributed by atoms with E-state index in [1.165, 1.54) is 12.3 Å². The van der Waals surface area contributed by atoms with Crippen molar-refractivity contribution in [2.24, 2.45) is 0 Å². The molecule has 4 nitrogen and oxygen atoms in total. The lowest BCUT2D eigenvalue weighted by atomic mass is 10.3. The highest BCUT2D eigenvalue weighted by Crippen LogP contribution is 2.26. The van der Waals surface area contributed by atoms with Crippen molar-refractivity contribution >= 4 is 37.8 Å². The summed E-state index contributed by atoms with van der Waals surface area (Å²) < 4.78 is 6.95. The van der Waals surface area contributed by atoms with E-state index in [-0.39, 0.29) is 11.4 Å². The molecule has 1 N–H and O–H groups in total. The van der Waals surface area contributed by atoms with Gasteiger partial charge in [0, 0.05) is 15.1 Å². The molecule has 0 amide bonds. The summed E-state index contributed by atoms with van der Waals surface area (Å²) in [4.78, 5) is 15.0. The summed E-state index contributed by atoms with van der Waals surface area (Å²) in [5.74, 6) is -0.501. The Balaban J connectivity index is 2.34. The maximum atomic E-state index is 11.1. The number of hydrogen-bond donors (Lipinski definition) is 1. The monoisotopic (exact) mass is 371 g/mol. The van der Waals surface area contributed by atoms with Crippen molar-refractivity contribution in [2.45, 2.75) is 0 Å². The zero-order valence-corrected chi connectivity index (χ0v) is 12.1. The van der Waals surface area contributed by atoms with Gasteiger partial charge in [0.25, 0.3) is 0 Å². The number of carboxylic acids is 1. The zero-order valence-electron chi connectivity index (χ0n) is 8.93. The van der Waals surface area contributed by atoms with Gasteiger partial charge in [-0.3, -0.25) is 0 Å². The molecule has 0 spiro atoms. The highest BCUT2D eigenvalue weighted by Gasteiger charge is 2.14.